The highest BCUT2D eigenvalue weighted by molar-refractivity contribution is 5.98. The Morgan fingerprint density at radius 3 is 2.75 bits per heavy atom. The molecule has 2 N–H and O–H groups in total. The van der Waals surface area contributed by atoms with Crippen LogP contribution in [0.1, 0.15) is 17.3 Å². The Morgan fingerprint density at radius 1 is 1.56 bits per heavy atom. The highest BCUT2D eigenvalue weighted by Crippen LogP contribution is 2.17. The number of benzene rings is 1. The first-order valence-corrected chi connectivity index (χ1v) is 4.72. The van der Waals surface area contributed by atoms with Crippen LogP contribution in [0.5, 0.6) is 0 Å². The van der Waals surface area contributed by atoms with Crippen molar-refractivity contribution in [2.45, 2.75) is 13.0 Å². The number of rotatable bonds is 4. The summed E-state index contributed by atoms with van der Waals surface area (Å²) < 4.78 is 0. The maximum atomic E-state index is 11.5. The normalized spacial score (nSPS) is 11.9. The van der Waals surface area contributed by atoms with Gasteiger partial charge in [-0.3, -0.25) is 14.9 Å². The van der Waals surface area contributed by atoms with E-state index in [0.717, 1.165) is 0 Å². The van der Waals surface area contributed by atoms with E-state index in [1.807, 2.05) is 0 Å². The molecule has 0 bridgehead atoms. The maximum absolute atomic E-state index is 11.5. The molecule has 0 aliphatic carbocycles. The van der Waals surface area contributed by atoms with Crippen LogP contribution in [0, 0.1) is 10.1 Å². The van der Waals surface area contributed by atoms with Crippen LogP contribution in [0.2, 0.25) is 0 Å². The third kappa shape index (κ3) is 3.03. The van der Waals surface area contributed by atoms with Crippen LogP contribution in [0.4, 0.5) is 5.69 Å². The molecule has 6 heteroatoms. The SMILES string of the molecule is C[C@H](O)CNC(=O)c1ccccc1[N+](=O)[O-]. The lowest BCUT2D eigenvalue weighted by Gasteiger charge is -2.07. The Kier molecular flexibility index (Phi) is 3.96. The lowest BCUT2D eigenvalue weighted by atomic mass is 10.1. The molecule has 1 aromatic rings. The average molecular weight is 224 g/mol. The molecule has 0 aliphatic rings. The van der Waals surface area contributed by atoms with Crippen molar-refractivity contribution in [3.8, 4) is 0 Å². The molecule has 0 spiro atoms. The first-order chi connectivity index (χ1) is 7.52. The summed E-state index contributed by atoms with van der Waals surface area (Å²) in [4.78, 5) is 21.6. The van der Waals surface area contributed by atoms with Crippen molar-refractivity contribution in [2.24, 2.45) is 0 Å². The minimum Gasteiger partial charge on any atom is -0.392 e. The average Bonchev–Trinajstić information content (AvgIpc) is 2.25. The van der Waals surface area contributed by atoms with E-state index in [0.29, 0.717) is 0 Å². The molecule has 1 rings (SSSR count). The van der Waals surface area contributed by atoms with E-state index in [1.54, 1.807) is 6.07 Å². The monoisotopic (exact) mass is 224 g/mol. The summed E-state index contributed by atoms with van der Waals surface area (Å²) in [5.74, 6) is -0.562. The molecule has 0 aromatic heterocycles. The van der Waals surface area contributed by atoms with E-state index in [-0.39, 0.29) is 17.8 Å². The van der Waals surface area contributed by atoms with Gasteiger partial charge in [0.25, 0.3) is 11.6 Å². The van der Waals surface area contributed by atoms with E-state index in [9.17, 15) is 14.9 Å². The maximum Gasteiger partial charge on any atom is 0.282 e. The van der Waals surface area contributed by atoms with Gasteiger partial charge in [0, 0.05) is 12.6 Å². The molecular weight excluding hydrogens is 212 g/mol. The predicted molar refractivity (Wildman–Crippen MR) is 57.1 cm³/mol. The van der Waals surface area contributed by atoms with Crippen LogP contribution in [-0.4, -0.2) is 28.6 Å². The number of nitro benzene ring substituents is 1. The summed E-state index contributed by atoms with van der Waals surface area (Å²) in [7, 11) is 0. The van der Waals surface area contributed by atoms with Crippen LogP contribution in [0.3, 0.4) is 0 Å². The van der Waals surface area contributed by atoms with Crippen LogP contribution in [0.15, 0.2) is 24.3 Å². The van der Waals surface area contributed by atoms with Gasteiger partial charge in [-0.15, -0.1) is 0 Å². The number of nitrogens with one attached hydrogen (secondary N) is 1. The molecule has 0 saturated heterocycles. The molecule has 0 heterocycles. The number of carbonyl (C=O) groups excluding carboxylic acids is 1. The van der Waals surface area contributed by atoms with Gasteiger partial charge < -0.3 is 10.4 Å². The predicted octanol–water partition coefficient (Wildman–Crippen LogP) is 0.705. The number of amides is 1. The van der Waals surface area contributed by atoms with E-state index < -0.39 is 16.9 Å². The van der Waals surface area contributed by atoms with Gasteiger partial charge in [-0.1, -0.05) is 12.1 Å². The number of carbonyl (C=O) groups is 1. The second-order valence-electron chi connectivity index (χ2n) is 3.33. The fourth-order valence-electron chi connectivity index (χ4n) is 1.16. The molecule has 1 amide bonds. The lowest BCUT2D eigenvalue weighted by Crippen LogP contribution is -2.30. The molecule has 86 valence electrons. The van der Waals surface area contributed by atoms with Crippen LogP contribution < -0.4 is 5.32 Å². The molecular formula is C10H12N2O4. The van der Waals surface area contributed by atoms with Gasteiger partial charge in [0.15, 0.2) is 0 Å². The first-order valence-electron chi connectivity index (χ1n) is 4.72. The number of nitro groups is 1. The van der Waals surface area contributed by atoms with Crippen molar-refractivity contribution in [3.63, 3.8) is 0 Å². The highest BCUT2D eigenvalue weighted by atomic mass is 16.6. The van der Waals surface area contributed by atoms with Gasteiger partial charge in [0.05, 0.1) is 11.0 Å². The van der Waals surface area contributed by atoms with Gasteiger partial charge in [0.1, 0.15) is 5.56 Å². The summed E-state index contributed by atoms with van der Waals surface area (Å²) in [5.41, 5.74) is -0.251. The topological polar surface area (TPSA) is 92.5 Å². The summed E-state index contributed by atoms with van der Waals surface area (Å²) in [6, 6.07) is 5.67. The van der Waals surface area contributed by atoms with Gasteiger partial charge in [0.2, 0.25) is 0 Å². The molecule has 0 saturated carbocycles. The quantitative estimate of drug-likeness (QED) is 0.581. The molecule has 0 radical (unpaired) electrons. The molecule has 0 unspecified atom stereocenters. The number of para-hydroxylation sites is 1. The number of nitrogens with zero attached hydrogens (tertiary/aromatic N) is 1. The smallest absolute Gasteiger partial charge is 0.282 e. The third-order valence-electron chi connectivity index (χ3n) is 1.90. The van der Waals surface area contributed by atoms with Crippen molar-refractivity contribution in [1.29, 1.82) is 0 Å². The van der Waals surface area contributed by atoms with Crippen LogP contribution in [0.25, 0.3) is 0 Å². The Balaban J connectivity index is 2.86. The summed E-state index contributed by atoms with van der Waals surface area (Å²) >= 11 is 0. The van der Waals surface area contributed by atoms with Crippen molar-refractivity contribution in [1.82, 2.24) is 5.32 Å². The fourth-order valence-corrected chi connectivity index (χ4v) is 1.16. The van der Waals surface area contributed by atoms with E-state index in [2.05, 4.69) is 5.32 Å². The van der Waals surface area contributed by atoms with E-state index >= 15 is 0 Å². The lowest BCUT2D eigenvalue weighted by molar-refractivity contribution is -0.385. The van der Waals surface area contributed by atoms with Gasteiger partial charge in [-0.25, -0.2) is 0 Å². The standard InChI is InChI=1S/C10H12N2O4/c1-7(13)6-11-10(14)8-4-2-3-5-9(8)12(15)16/h2-5,7,13H,6H2,1H3,(H,11,14)/t7-/m0/s1. The van der Waals surface area contributed by atoms with Crippen molar-refractivity contribution >= 4 is 11.6 Å². The summed E-state index contributed by atoms with van der Waals surface area (Å²) in [6.07, 6.45) is -0.688. The molecule has 0 aliphatic heterocycles. The fraction of sp³-hybridized carbons (Fsp3) is 0.300. The Labute approximate surface area is 92.0 Å². The zero-order valence-corrected chi connectivity index (χ0v) is 8.71. The summed E-state index contributed by atoms with van der Waals surface area (Å²) in [5, 5.41) is 22.0. The first kappa shape index (κ1) is 12.1. The molecule has 0 fully saturated rings. The van der Waals surface area contributed by atoms with Crippen molar-refractivity contribution in [2.75, 3.05) is 6.54 Å². The van der Waals surface area contributed by atoms with Gasteiger partial charge in [-0.2, -0.15) is 0 Å². The minimum absolute atomic E-state index is 0.00634. The van der Waals surface area contributed by atoms with Crippen molar-refractivity contribution < 1.29 is 14.8 Å². The molecule has 6 nitrogen and oxygen atoms in total. The van der Waals surface area contributed by atoms with Crippen LogP contribution >= 0.6 is 0 Å². The highest BCUT2D eigenvalue weighted by Gasteiger charge is 2.18. The van der Waals surface area contributed by atoms with Gasteiger partial charge >= 0.3 is 0 Å². The van der Waals surface area contributed by atoms with Crippen LogP contribution in [-0.2, 0) is 0 Å². The minimum atomic E-state index is -0.688. The Morgan fingerprint density at radius 2 is 2.19 bits per heavy atom. The van der Waals surface area contributed by atoms with E-state index in [4.69, 9.17) is 5.11 Å². The Bertz CT molecular complexity index is 404. The number of aliphatic hydroxyl groups excluding tert-OH is 1. The van der Waals surface area contributed by atoms with E-state index in [1.165, 1.54) is 25.1 Å². The largest absolute Gasteiger partial charge is 0.392 e. The molecule has 1 atom stereocenters. The molecule has 1 aromatic carbocycles. The summed E-state index contributed by atoms with van der Waals surface area (Å²) in [6.45, 7) is 1.57. The third-order valence-corrected chi connectivity index (χ3v) is 1.90. The Hall–Kier alpha value is -1.95. The van der Waals surface area contributed by atoms with Crippen molar-refractivity contribution in [3.05, 3.63) is 39.9 Å². The number of hydrogen-bond acceptors (Lipinski definition) is 4. The second-order valence-corrected chi connectivity index (χ2v) is 3.33. The zero-order chi connectivity index (χ0) is 12.1. The second kappa shape index (κ2) is 5.22. The zero-order valence-electron chi connectivity index (χ0n) is 8.71. The number of hydrogen-bond donors (Lipinski definition) is 2. The van der Waals surface area contributed by atoms with Gasteiger partial charge in [-0.05, 0) is 13.0 Å². The number of aliphatic hydroxyl groups is 1. The molecule has 16 heavy (non-hydrogen) atoms.